The van der Waals surface area contributed by atoms with Gasteiger partial charge in [0.15, 0.2) is 11.6 Å². The number of ether oxygens (including phenoxy) is 1. The number of nitrogens with zero attached hydrogens (tertiary/aromatic N) is 1. The van der Waals surface area contributed by atoms with Crippen LogP contribution in [0, 0.1) is 25.5 Å². The van der Waals surface area contributed by atoms with Gasteiger partial charge in [0.05, 0.1) is 29.3 Å². The molecule has 0 spiro atoms. The second kappa shape index (κ2) is 11.9. The molecular formula is C32H29F5N2O2S. The number of aromatic nitrogens is 1. The van der Waals surface area contributed by atoms with E-state index < -0.39 is 40.9 Å². The van der Waals surface area contributed by atoms with E-state index in [0.29, 0.717) is 35.0 Å². The molecule has 0 saturated heterocycles. The molecule has 0 saturated carbocycles. The molecule has 0 amide bonds. The number of benzene rings is 3. The van der Waals surface area contributed by atoms with Crippen molar-refractivity contribution in [2.45, 2.75) is 44.1 Å². The normalized spacial score (nSPS) is 14.7. The molecule has 42 heavy (non-hydrogen) atoms. The Kier molecular flexibility index (Phi) is 8.48. The number of rotatable bonds is 8. The Hall–Kier alpha value is -3.63. The van der Waals surface area contributed by atoms with E-state index in [-0.39, 0.29) is 22.9 Å². The molecule has 1 aliphatic rings. The number of nitrogens with one attached hydrogen (secondary N) is 1. The van der Waals surface area contributed by atoms with E-state index in [0.717, 1.165) is 29.3 Å². The van der Waals surface area contributed by atoms with Crippen molar-refractivity contribution in [2.24, 2.45) is 0 Å². The van der Waals surface area contributed by atoms with Crippen LogP contribution in [0.5, 0.6) is 5.75 Å². The highest BCUT2D eigenvalue weighted by atomic mass is 32.2. The number of hydrogen-bond donors (Lipinski definition) is 1. The van der Waals surface area contributed by atoms with Gasteiger partial charge in [0.25, 0.3) is 5.56 Å². The van der Waals surface area contributed by atoms with Crippen molar-refractivity contribution in [3.05, 3.63) is 116 Å². The molecule has 1 aliphatic heterocycles. The maximum atomic E-state index is 15.5. The smallest absolute Gasteiger partial charge is 0.416 e. The van der Waals surface area contributed by atoms with Crippen LogP contribution in [0.2, 0.25) is 0 Å². The fourth-order valence-electron chi connectivity index (χ4n) is 5.49. The van der Waals surface area contributed by atoms with Crippen LogP contribution >= 0.6 is 11.8 Å². The van der Waals surface area contributed by atoms with Crippen molar-refractivity contribution < 1.29 is 26.7 Å². The van der Waals surface area contributed by atoms with Gasteiger partial charge in [-0.15, -0.1) is 11.8 Å². The van der Waals surface area contributed by atoms with Crippen molar-refractivity contribution in [3.63, 3.8) is 0 Å². The fourth-order valence-corrected chi connectivity index (χ4v) is 6.88. The van der Waals surface area contributed by atoms with Crippen LogP contribution in [-0.2, 0) is 19.1 Å². The first-order chi connectivity index (χ1) is 20.0. The van der Waals surface area contributed by atoms with Gasteiger partial charge in [-0.25, -0.2) is 8.78 Å². The lowest BCUT2D eigenvalue weighted by Gasteiger charge is -2.22. The number of alkyl halides is 3. The molecule has 3 aromatic carbocycles. The van der Waals surface area contributed by atoms with Gasteiger partial charge in [-0.3, -0.25) is 9.36 Å². The molecule has 1 atom stereocenters. The third kappa shape index (κ3) is 5.70. The lowest BCUT2D eigenvalue weighted by atomic mass is 9.92. The zero-order valence-electron chi connectivity index (χ0n) is 23.2. The summed E-state index contributed by atoms with van der Waals surface area (Å²) in [5, 5.41) is 3.84. The van der Waals surface area contributed by atoms with E-state index in [2.05, 4.69) is 5.32 Å². The minimum absolute atomic E-state index is 0.0150. The van der Waals surface area contributed by atoms with E-state index >= 15 is 4.39 Å². The third-order valence-corrected chi connectivity index (χ3v) is 8.80. The number of fused-ring (bicyclic) bond motifs is 1. The van der Waals surface area contributed by atoms with Crippen LogP contribution < -0.4 is 15.6 Å². The molecule has 4 nitrogen and oxygen atoms in total. The van der Waals surface area contributed by atoms with Crippen LogP contribution in [-0.4, -0.2) is 24.0 Å². The van der Waals surface area contributed by atoms with Crippen molar-refractivity contribution >= 4 is 11.8 Å². The summed E-state index contributed by atoms with van der Waals surface area (Å²) in [5.41, 5.74) is 0.760. The van der Waals surface area contributed by atoms with Crippen LogP contribution in [0.3, 0.4) is 0 Å². The van der Waals surface area contributed by atoms with Gasteiger partial charge in [-0.05, 0) is 48.7 Å². The Morgan fingerprint density at radius 1 is 1.02 bits per heavy atom. The molecule has 0 aliphatic carbocycles. The first-order valence-corrected chi connectivity index (χ1v) is 14.3. The number of pyridine rings is 1. The summed E-state index contributed by atoms with van der Waals surface area (Å²) >= 11 is 1.33. The number of thioether (sulfide) groups is 1. The van der Waals surface area contributed by atoms with Gasteiger partial charge < -0.3 is 10.1 Å². The van der Waals surface area contributed by atoms with E-state index in [1.807, 2.05) is 31.2 Å². The van der Waals surface area contributed by atoms with Crippen LogP contribution in [0.15, 0.2) is 70.5 Å². The highest BCUT2D eigenvalue weighted by Gasteiger charge is 2.36. The van der Waals surface area contributed by atoms with Gasteiger partial charge in [0.1, 0.15) is 5.82 Å². The standard InChI is InChI=1S/C32H29F5N2O2S/c1-18-7-4-8-20(13-18)15-38-16-21-17-42-31-23(14-24-25(32(35,36)37)10-6-11-26(24)33)19(2)28(30(40)39(21)31)22-9-5-12-27(41-3)29(22)34/h4-13,21,38H,14-17H2,1-3H3. The molecule has 10 heteroatoms. The molecule has 4 aromatic rings. The lowest BCUT2D eigenvalue weighted by molar-refractivity contribution is -0.138. The summed E-state index contributed by atoms with van der Waals surface area (Å²) in [7, 11) is 1.31. The number of halogens is 5. The quantitative estimate of drug-likeness (QED) is 0.213. The van der Waals surface area contributed by atoms with Gasteiger partial charge >= 0.3 is 6.18 Å². The third-order valence-electron chi connectivity index (χ3n) is 7.54. The molecule has 0 bridgehead atoms. The van der Waals surface area contributed by atoms with Crippen molar-refractivity contribution in [3.8, 4) is 16.9 Å². The summed E-state index contributed by atoms with van der Waals surface area (Å²) < 4.78 is 78.9. The summed E-state index contributed by atoms with van der Waals surface area (Å²) in [6, 6.07) is 14.9. The molecule has 0 fully saturated rings. The maximum Gasteiger partial charge on any atom is 0.416 e. The molecular weight excluding hydrogens is 571 g/mol. The van der Waals surface area contributed by atoms with E-state index in [4.69, 9.17) is 4.74 Å². The number of hydrogen-bond acceptors (Lipinski definition) is 4. The van der Waals surface area contributed by atoms with Gasteiger partial charge in [0.2, 0.25) is 0 Å². The average molecular weight is 601 g/mol. The molecule has 1 aromatic heterocycles. The van der Waals surface area contributed by atoms with E-state index in [1.54, 1.807) is 13.0 Å². The molecule has 0 radical (unpaired) electrons. The average Bonchev–Trinajstić information content (AvgIpc) is 3.36. The van der Waals surface area contributed by atoms with Crippen molar-refractivity contribution in [2.75, 3.05) is 19.4 Å². The minimum atomic E-state index is -4.78. The topological polar surface area (TPSA) is 43.3 Å². The second-order valence-corrected chi connectivity index (χ2v) is 11.3. The van der Waals surface area contributed by atoms with Crippen LogP contribution in [0.4, 0.5) is 22.0 Å². The van der Waals surface area contributed by atoms with Crippen LogP contribution in [0.25, 0.3) is 11.1 Å². The van der Waals surface area contributed by atoms with E-state index in [1.165, 1.54) is 35.6 Å². The Morgan fingerprint density at radius 3 is 2.48 bits per heavy atom. The maximum absolute atomic E-state index is 15.5. The van der Waals surface area contributed by atoms with Crippen molar-refractivity contribution in [1.29, 1.82) is 0 Å². The highest BCUT2D eigenvalue weighted by molar-refractivity contribution is 7.99. The van der Waals surface area contributed by atoms with Crippen LogP contribution in [0.1, 0.15) is 39.4 Å². The molecule has 5 rings (SSSR count). The predicted octanol–water partition coefficient (Wildman–Crippen LogP) is 7.47. The molecule has 1 unspecified atom stereocenters. The molecule has 220 valence electrons. The number of methoxy groups -OCH3 is 1. The van der Waals surface area contributed by atoms with Gasteiger partial charge in [-0.2, -0.15) is 13.2 Å². The first-order valence-electron chi connectivity index (χ1n) is 13.4. The first kappa shape index (κ1) is 29.8. The Bertz CT molecular complexity index is 1700. The summed E-state index contributed by atoms with van der Waals surface area (Å²) in [6.07, 6.45) is -5.20. The fraction of sp³-hybridized carbons (Fsp3) is 0.281. The largest absolute Gasteiger partial charge is 0.494 e. The Balaban J connectivity index is 1.64. The Morgan fingerprint density at radius 2 is 1.76 bits per heavy atom. The zero-order valence-corrected chi connectivity index (χ0v) is 24.1. The Labute approximate surface area is 244 Å². The van der Waals surface area contributed by atoms with Crippen molar-refractivity contribution in [1.82, 2.24) is 9.88 Å². The van der Waals surface area contributed by atoms with Gasteiger partial charge in [-0.1, -0.05) is 48.0 Å². The summed E-state index contributed by atoms with van der Waals surface area (Å²) in [4.78, 5) is 14.1. The number of aryl methyl sites for hydroxylation is 1. The highest BCUT2D eigenvalue weighted by Crippen LogP contribution is 2.42. The lowest BCUT2D eigenvalue weighted by Crippen LogP contribution is -2.33. The predicted molar refractivity (Wildman–Crippen MR) is 154 cm³/mol. The molecule has 2 heterocycles. The SMILES string of the molecule is COc1cccc(-c2c(C)c(Cc3c(F)cccc3C(F)(F)F)c3n(c2=O)C(CNCc2cccc(C)c2)CS3)c1F. The monoisotopic (exact) mass is 600 g/mol. The van der Waals surface area contributed by atoms with E-state index in [9.17, 15) is 22.4 Å². The zero-order chi connectivity index (χ0) is 30.2. The van der Waals surface area contributed by atoms with Gasteiger partial charge in [0, 0.05) is 36.4 Å². The summed E-state index contributed by atoms with van der Waals surface area (Å²) in [5.74, 6) is -1.36. The second-order valence-electron chi connectivity index (χ2n) is 10.3. The minimum Gasteiger partial charge on any atom is -0.494 e. The summed E-state index contributed by atoms with van der Waals surface area (Å²) in [6.45, 7) is 4.51. The molecule has 1 N–H and O–H groups in total.